The largest absolute Gasteiger partial charge is 0.456 e. The third-order valence-corrected chi connectivity index (χ3v) is 12.5. The van der Waals surface area contributed by atoms with Crippen LogP contribution in [0.25, 0.3) is 85.6 Å². The van der Waals surface area contributed by atoms with Crippen LogP contribution in [0.4, 0.5) is 0 Å². The molecule has 0 spiro atoms. The number of nitrogens with zero attached hydrogens (tertiary/aromatic N) is 2. The predicted octanol–water partition coefficient (Wildman–Crippen LogP) is 13.6. The molecule has 0 aliphatic carbocycles. The molecule has 2 aromatic heterocycles. The molecule has 3 heterocycles. The molecule has 12 rings (SSSR count). The van der Waals surface area contributed by atoms with Gasteiger partial charge in [-0.3, -0.25) is 0 Å². The Morgan fingerprint density at radius 3 is 2.00 bits per heavy atom. The van der Waals surface area contributed by atoms with Crippen molar-refractivity contribution in [3.63, 3.8) is 0 Å². The van der Waals surface area contributed by atoms with Gasteiger partial charge in [0.2, 0.25) is 0 Å². The lowest BCUT2D eigenvalue weighted by Crippen LogP contribution is -2.33. The zero-order valence-electron chi connectivity index (χ0n) is 30.0. The summed E-state index contributed by atoms with van der Waals surface area (Å²) in [6, 6.07) is 62.7. The molecule has 1 unspecified atom stereocenters. The Labute approximate surface area is 325 Å². The summed E-state index contributed by atoms with van der Waals surface area (Å²) in [5.41, 5.74) is 7.22. The van der Waals surface area contributed by atoms with Crippen molar-refractivity contribution in [3.05, 3.63) is 193 Å². The number of hydrogen-bond donors (Lipinski definition) is 1. The van der Waals surface area contributed by atoms with Crippen LogP contribution in [0, 0.1) is 0 Å². The minimum atomic E-state index is -0.380. The van der Waals surface area contributed by atoms with Gasteiger partial charge in [-0.05, 0) is 73.8 Å². The maximum atomic E-state index is 6.31. The average molecular weight is 734 g/mol. The Kier molecular flexibility index (Phi) is 6.83. The molecule has 9 aromatic carbocycles. The molecule has 0 radical (unpaired) electrons. The van der Waals surface area contributed by atoms with Gasteiger partial charge >= 0.3 is 0 Å². The minimum absolute atomic E-state index is 0.380. The fourth-order valence-electron chi connectivity index (χ4n) is 8.80. The first-order valence-electron chi connectivity index (χ1n) is 18.9. The summed E-state index contributed by atoms with van der Waals surface area (Å²) in [5.74, 6) is 1.51. The van der Waals surface area contributed by atoms with Gasteiger partial charge in [-0.2, -0.15) is 0 Å². The molecular weight excluding hydrogens is 703 g/mol. The van der Waals surface area contributed by atoms with Gasteiger partial charge in [0.15, 0.2) is 5.84 Å². The van der Waals surface area contributed by atoms with Crippen molar-refractivity contribution in [1.82, 2.24) is 5.32 Å². The molecule has 1 aliphatic rings. The number of aliphatic imine (C=N–C) groups is 2. The SMILES string of the molecule is c1ccc2c(c1)cc(C1N=C(c3ccc4c(c3)sc3ccccc34)N=C(c3cccc4c(-c5cccc6oc7ccccc7c56)cccc34)N1)c1ccccc12. The standard InChI is InChI=1S/C51H31N3OS/c1-2-13-32-30(12-1)28-43(37-15-4-3-14-33(32)37)51-53-49(31-26-27-39-38-16-6-8-25-46(38)56-47(39)29-31)52-50(54-51)41-22-10-18-34-35(19-9-20-36(34)41)40-21-11-24-45-48(40)42-17-5-7-23-44(42)55-45/h1-29,51H,(H,52,53,54). The fourth-order valence-corrected chi connectivity index (χ4v) is 9.95. The normalized spacial score (nSPS) is 14.6. The number of furan rings is 1. The molecule has 4 nitrogen and oxygen atoms in total. The molecule has 1 N–H and O–H groups in total. The van der Waals surface area contributed by atoms with E-state index >= 15 is 0 Å². The number of rotatable bonds is 4. The molecule has 11 aromatic rings. The molecule has 1 aliphatic heterocycles. The van der Waals surface area contributed by atoms with Gasteiger partial charge in [-0.25, -0.2) is 9.98 Å². The van der Waals surface area contributed by atoms with E-state index in [2.05, 4.69) is 169 Å². The lowest BCUT2D eigenvalue weighted by Gasteiger charge is -2.26. The highest BCUT2D eigenvalue weighted by Crippen LogP contribution is 2.41. The van der Waals surface area contributed by atoms with Crippen LogP contribution in [0.5, 0.6) is 0 Å². The minimum Gasteiger partial charge on any atom is -0.456 e. The molecule has 5 heteroatoms. The zero-order valence-corrected chi connectivity index (χ0v) is 30.8. The Morgan fingerprint density at radius 2 is 1.11 bits per heavy atom. The first kappa shape index (κ1) is 31.3. The maximum Gasteiger partial charge on any atom is 0.159 e. The highest BCUT2D eigenvalue weighted by atomic mass is 32.1. The summed E-state index contributed by atoms with van der Waals surface area (Å²) in [4.78, 5) is 10.8. The summed E-state index contributed by atoms with van der Waals surface area (Å²) < 4.78 is 8.82. The van der Waals surface area contributed by atoms with Crippen LogP contribution < -0.4 is 5.32 Å². The fraction of sp³-hybridized carbons (Fsp3) is 0.0196. The number of amidine groups is 2. The Balaban J connectivity index is 1.07. The first-order valence-corrected chi connectivity index (χ1v) is 19.7. The molecular formula is C51H31N3OS. The maximum absolute atomic E-state index is 6.31. The second-order valence-corrected chi connectivity index (χ2v) is 15.6. The van der Waals surface area contributed by atoms with Crippen LogP contribution in [0.3, 0.4) is 0 Å². The van der Waals surface area contributed by atoms with Crippen molar-refractivity contribution in [2.45, 2.75) is 6.17 Å². The monoisotopic (exact) mass is 733 g/mol. The topological polar surface area (TPSA) is 49.9 Å². The summed E-state index contributed by atoms with van der Waals surface area (Å²) in [5, 5.41) is 15.7. The van der Waals surface area contributed by atoms with Crippen molar-refractivity contribution < 1.29 is 4.42 Å². The molecule has 0 saturated carbocycles. The third-order valence-electron chi connectivity index (χ3n) is 11.3. The number of nitrogens with one attached hydrogen (secondary N) is 1. The van der Waals surface area contributed by atoms with Crippen molar-refractivity contribution >= 4 is 97.4 Å². The van der Waals surface area contributed by atoms with Gasteiger partial charge in [0.25, 0.3) is 0 Å². The highest BCUT2D eigenvalue weighted by molar-refractivity contribution is 7.25. The van der Waals surface area contributed by atoms with Gasteiger partial charge in [-0.1, -0.05) is 146 Å². The second kappa shape index (κ2) is 12.2. The Hall–Kier alpha value is -7.08. The molecule has 262 valence electrons. The number of thiophene rings is 1. The number of fused-ring (bicyclic) bond motifs is 10. The molecule has 56 heavy (non-hydrogen) atoms. The molecule has 1 atom stereocenters. The van der Waals surface area contributed by atoms with Crippen LogP contribution in [0.2, 0.25) is 0 Å². The van der Waals surface area contributed by atoms with E-state index in [-0.39, 0.29) is 6.17 Å². The molecule has 0 saturated heterocycles. The average Bonchev–Trinajstić information content (AvgIpc) is 3.84. The van der Waals surface area contributed by atoms with E-state index < -0.39 is 0 Å². The van der Waals surface area contributed by atoms with E-state index in [0.717, 1.165) is 66.4 Å². The van der Waals surface area contributed by atoms with Gasteiger partial charge < -0.3 is 9.73 Å². The van der Waals surface area contributed by atoms with Crippen LogP contribution in [-0.2, 0) is 0 Å². The smallest absolute Gasteiger partial charge is 0.159 e. The number of benzene rings is 9. The molecule has 0 amide bonds. The van der Waals surface area contributed by atoms with Crippen molar-refractivity contribution in [2.75, 3.05) is 0 Å². The van der Waals surface area contributed by atoms with Crippen molar-refractivity contribution in [3.8, 4) is 11.1 Å². The van der Waals surface area contributed by atoms with Crippen LogP contribution in [0.15, 0.2) is 190 Å². The summed E-state index contributed by atoms with van der Waals surface area (Å²) in [6.45, 7) is 0. The van der Waals surface area contributed by atoms with Gasteiger partial charge in [-0.15, -0.1) is 11.3 Å². The lowest BCUT2D eigenvalue weighted by atomic mass is 9.92. The number of para-hydroxylation sites is 1. The summed E-state index contributed by atoms with van der Waals surface area (Å²) in [7, 11) is 0. The molecule has 0 bridgehead atoms. The van der Waals surface area contributed by atoms with E-state index in [0.29, 0.717) is 5.84 Å². The van der Waals surface area contributed by atoms with Gasteiger partial charge in [0.05, 0.1) is 0 Å². The predicted molar refractivity (Wildman–Crippen MR) is 236 cm³/mol. The summed E-state index contributed by atoms with van der Waals surface area (Å²) >= 11 is 1.81. The van der Waals surface area contributed by atoms with Gasteiger partial charge in [0, 0.05) is 47.6 Å². The van der Waals surface area contributed by atoms with Crippen molar-refractivity contribution in [1.29, 1.82) is 0 Å². The Morgan fingerprint density at radius 1 is 0.464 bits per heavy atom. The highest BCUT2D eigenvalue weighted by Gasteiger charge is 2.25. The van der Waals surface area contributed by atoms with E-state index in [4.69, 9.17) is 14.4 Å². The van der Waals surface area contributed by atoms with E-state index in [1.54, 1.807) is 0 Å². The third kappa shape index (κ3) is 4.78. The second-order valence-electron chi connectivity index (χ2n) is 14.5. The quantitative estimate of drug-likeness (QED) is 0.183. The van der Waals surface area contributed by atoms with Gasteiger partial charge in [0.1, 0.15) is 23.2 Å². The van der Waals surface area contributed by atoms with E-state index in [1.165, 1.54) is 41.7 Å². The zero-order chi connectivity index (χ0) is 36.7. The van der Waals surface area contributed by atoms with Crippen LogP contribution in [0.1, 0.15) is 22.9 Å². The molecule has 0 fully saturated rings. The summed E-state index contributed by atoms with van der Waals surface area (Å²) in [6.07, 6.45) is -0.380. The number of hydrogen-bond acceptors (Lipinski definition) is 5. The lowest BCUT2D eigenvalue weighted by molar-refractivity contribution is 0.669. The van der Waals surface area contributed by atoms with E-state index in [9.17, 15) is 0 Å². The first-order chi connectivity index (χ1) is 27.7. The van der Waals surface area contributed by atoms with Crippen LogP contribution in [-0.4, -0.2) is 11.7 Å². The Bertz CT molecular complexity index is 3480. The van der Waals surface area contributed by atoms with Crippen molar-refractivity contribution in [2.24, 2.45) is 9.98 Å². The van der Waals surface area contributed by atoms with Crippen LogP contribution >= 0.6 is 11.3 Å². The van der Waals surface area contributed by atoms with E-state index in [1.807, 2.05) is 23.5 Å².